The molecule has 0 aliphatic heterocycles. The first-order chi connectivity index (χ1) is 22.8. The van der Waals surface area contributed by atoms with Crippen LogP contribution in [0.2, 0.25) is 0 Å². The molecule has 0 bridgehead atoms. The summed E-state index contributed by atoms with van der Waals surface area (Å²) in [6.45, 7) is 0. The van der Waals surface area contributed by atoms with E-state index in [1.54, 1.807) is 0 Å². The highest BCUT2D eigenvalue weighted by Gasteiger charge is 2.52. The maximum absolute atomic E-state index is 3.83. The SMILES string of the molecule is c1ccc(-c2ccc(Nc3ccc4c(c3)-c3ccccc3C43c4ccccc4-c4ccc5ccccc5c43)c3ccccc23)cc1. The van der Waals surface area contributed by atoms with Crippen molar-refractivity contribution in [3.8, 4) is 33.4 Å². The van der Waals surface area contributed by atoms with Crippen molar-refractivity contribution in [1.82, 2.24) is 0 Å². The number of rotatable bonds is 3. The molecule has 8 aromatic carbocycles. The van der Waals surface area contributed by atoms with Crippen LogP contribution in [0.15, 0.2) is 170 Å². The Labute approximate surface area is 268 Å². The summed E-state index contributed by atoms with van der Waals surface area (Å²) in [6, 6.07) is 62.5. The molecule has 8 aromatic rings. The smallest absolute Gasteiger partial charge is 0.0731 e. The molecule has 0 heterocycles. The number of hydrogen-bond donors (Lipinski definition) is 1. The van der Waals surface area contributed by atoms with Crippen molar-refractivity contribution < 1.29 is 0 Å². The van der Waals surface area contributed by atoms with Gasteiger partial charge in [0.15, 0.2) is 0 Å². The van der Waals surface area contributed by atoms with Gasteiger partial charge >= 0.3 is 0 Å². The Bertz CT molecular complexity index is 2510. The van der Waals surface area contributed by atoms with Crippen LogP contribution in [-0.4, -0.2) is 0 Å². The highest BCUT2D eigenvalue weighted by Crippen LogP contribution is 2.64. The second kappa shape index (κ2) is 9.54. The predicted molar refractivity (Wildman–Crippen MR) is 193 cm³/mol. The minimum atomic E-state index is -0.374. The van der Waals surface area contributed by atoms with E-state index in [1.807, 2.05) is 0 Å². The second-order valence-corrected chi connectivity index (χ2v) is 12.5. The summed E-state index contributed by atoms with van der Waals surface area (Å²) < 4.78 is 0. The molecule has 1 atom stereocenters. The second-order valence-electron chi connectivity index (χ2n) is 12.5. The first-order valence-corrected chi connectivity index (χ1v) is 16.0. The maximum atomic E-state index is 3.83. The van der Waals surface area contributed by atoms with Gasteiger partial charge < -0.3 is 5.32 Å². The molecule has 0 aromatic heterocycles. The Morgan fingerprint density at radius 2 is 0.978 bits per heavy atom. The van der Waals surface area contributed by atoms with E-state index in [9.17, 15) is 0 Å². The van der Waals surface area contributed by atoms with Gasteiger partial charge in [-0.25, -0.2) is 0 Å². The summed E-state index contributed by atoms with van der Waals surface area (Å²) in [5.74, 6) is 0. The van der Waals surface area contributed by atoms with Gasteiger partial charge in [0.25, 0.3) is 0 Å². The number of nitrogens with one attached hydrogen (secondary N) is 1. The van der Waals surface area contributed by atoms with Crippen molar-refractivity contribution in [2.24, 2.45) is 0 Å². The molecule has 2 aliphatic rings. The lowest BCUT2D eigenvalue weighted by Gasteiger charge is -2.31. The lowest BCUT2D eigenvalue weighted by molar-refractivity contribution is 0.801. The fourth-order valence-electron chi connectivity index (χ4n) is 8.43. The van der Waals surface area contributed by atoms with Gasteiger partial charge in [-0.05, 0) is 90.0 Å². The van der Waals surface area contributed by atoms with Gasteiger partial charge in [-0.2, -0.15) is 0 Å². The van der Waals surface area contributed by atoms with Crippen LogP contribution >= 0.6 is 0 Å². The van der Waals surface area contributed by atoms with E-state index >= 15 is 0 Å². The first-order valence-electron chi connectivity index (χ1n) is 16.0. The van der Waals surface area contributed by atoms with Crippen LogP contribution in [0.5, 0.6) is 0 Å². The van der Waals surface area contributed by atoms with Crippen LogP contribution in [0.25, 0.3) is 54.9 Å². The Hall–Kier alpha value is -5.92. The number of anilines is 2. The van der Waals surface area contributed by atoms with Gasteiger partial charge in [0.1, 0.15) is 0 Å². The minimum Gasteiger partial charge on any atom is -0.355 e. The zero-order chi connectivity index (χ0) is 30.2. The maximum Gasteiger partial charge on any atom is 0.0731 e. The van der Waals surface area contributed by atoms with Gasteiger partial charge in [-0.1, -0.05) is 152 Å². The van der Waals surface area contributed by atoms with Crippen LogP contribution in [0.4, 0.5) is 11.4 Å². The van der Waals surface area contributed by atoms with E-state index in [4.69, 9.17) is 0 Å². The van der Waals surface area contributed by atoms with Crippen LogP contribution in [0.1, 0.15) is 22.3 Å². The van der Waals surface area contributed by atoms with Crippen LogP contribution in [0, 0.1) is 0 Å². The Morgan fingerprint density at radius 1 is 0.370 bits per heavy atom. The van der Waals surface area contributed by atoms with E-state index in [-0.39, 0.29) is 5.41 Å². The highest BCUT2D eigenvalue weighted by molar-refractivity contribution is 6.06. The largest absolute Gasteiger partial charge is 0.355 e. The lowest BCUT2D eigenvalue weighted by Crippen LogP contribution is -2.26. The zero-order valence-corrected chi connectivity index (χ0v) is 25.2. The molecule has 1 spiro atoms. The molecule has 0 radical (unpaired) electrons. The molecule has 0 amide bonds. The van der Waals surface area contributed by atoms with Gasteiger partial charge in [0.05, 0.1) is 5.41 Å². The Balaban J connectivity index is 1.18. The summed E-state index contributed by atoms with van der Waals surface area (Å²) in [5.41, 5.74) is 15.1. The molecule has 1 N–H and O–H groups in total. The van der Waals surface area contributed by atoms with Crippen molar-refractivity contribution in [3.05, 3.63) is 192 Å². The molecule has 1 heteroatoms. The summed E-state index contributed by atoms with van der Waals surface area (Å²) >= 11 is 0. The quantitative estimate of drug-likeness (QED) is 0.218. The topological polar surface area (TPSA) is 12.0 Å². The predicted octanol–water partition coefficient (Wildman–Crippen LogP) is 11.7. The van der Waals surface area contributed by atoms with Crippen LogP contribution in [-0.2, 0) is 5.41 Å². The zero-order valence-electron chi connectivity index (χ0n) is 25.2. The van der Waals surface area contributed by atoms with E-state index in [2.05, 4.69) is 175 Å². The Morgan fingerprint density at radius 3 is 1.78 bits per heavy atom. The van der Waals surface area contributed by atoms with Gasteiger partial charge in [-0.15, -0.1) is 0 Å². The third-order valence-electron chi connectivity index (χ3n) is 10.3. The van der Waals surface area contributed by atoms with Gasteiger partial charge in [-0.3, -0.25) is 0 Å². The van der Waals surface area contributed by atoms with E-state index in [1.165, 1.54) is 77.2 Å². The average molecular weight is 584 g/mol. The molecule has 2 aliphatic carbocycles. The van der Waals surface area contributed by atoms with Gasteiger partial charge in [0.2, 0.25) is 0 Å². The molecule has 0 saturated carbocycles. The van der Waals surface area contributed by atoms with Crippen LogP contribution < -0.4 is 5.32 Å². The van der Waals surface area contributed by atoms with E-state index in [0.717, 1.165) is 11.4 Å². The fraction of sp³-hybridized carbons (Fsp3) is 0.0222. The summed E-state index contributed by atoms with van der Waals surface area (Å²) in [7, 11) is 0. The molecule has 1 nitrogen and oxygen atoms in total. The van der Waals surface area contributed by atoms with Gasteiger partial charge in [0, 0.05) is 16.8 Å². The summed E-state index contributed by atoms with van der Waals surface area (Å²) in [6.07, 6.45) is 0. The molecule has 0 saturated heterocycles. The van der Waals surface area contributed by atoms with Crippen molar-refractivity contribution >= 4 is 32.9 Å². The number of fused-ring (bicyclic) bond motifs is 13. The standard InChI is InChI=1S/C45H29N/c1-2-12-29(13-3-1)32-25-27-43(37-19-7-6-16-34(32)37)46-31-23-26-42-39(28-31)36-18-9-11-21-41(36)45(42)40-20-10-8-17-35(40)38-24-22-30-14-4-5-15-33(30)44(38)45/h1-28,46H. The summed E-state index contributed by atoms with van der Waals surface area (Å²) in [5, 5.41) is 8.90. The average Bonchev–Trinajstić information content (AvgIpc) is 3.59. The third kappa shape index (κ3) is 3.35. The molecule has 214 valence electrons. The normalized spacial score (nSPS) is 15.5. The first kappa shape index (κ1) is 25.4. The molecular weight excluding hydrogens is 555 g/mol. The van der Waals surface area contributed by atoms with Crippen molar-refractivity contribution in [2.45, 2.75) is 5.41 Å². The van der Waals surface area contributed by atoms with E-state index in [0.29, 0.717) is 0 Å². The van der Waals surface area contributed by atoms with E-state index < -0.39 is 0 Å². The highest BCUT2D eigenvalue weighted by atomic mass is 14.9. The van der Waals surface area contributed by atoms with Crippen LogP contribution in [0.3, 0.4) is 0 Å². The molecule has 46 heavy (non-hydrogen) atoms. The van der Waals surface area contributed by atoms with Crippen molar-refractivity contribution in [3.63, 3.8) is 0 Å². The minimum absolute atomic E-state index is 0.374. The molecule has 0 fully saturated rings. The number of hydrogen-bond acceptors (Lipinski definition) is 1. The molecule has 10 rings (SSSR count). The molecule has 1 unspecified atom stereocenters. The molecular formula is C45H29N. The van der Waals surface area contributed by atoms with Crippen molar-refractivity contribution in [1.29, 1.82) is 0 Å². The Kier molecular flexibility index (Phi) is 5.27. The lowest BCUT2D eigenvalue weighted by atomic mass is 9.69. The number of benzene rings is 8. The van der Waals surface area contributed by atoms with Crippen molar-refractivity contribution in [2.75, 3.05) is 5.32 Å². The fourth-order valence-corrected chi connectivity index (χ4v) is 8.43. The third-order valence-corrected chi connectivity index (χ3v) is 10.3. The monoisotopic (exact) mass is 583 g/mol. The summed E-state index contributed by atoms with van der Waals surface area (Å²) in [4.78, 5) is 0.